The van der Waals surface area contributed by atoms with E-state index in [1.54, 1.807) is 0 Å². The third-order valence-corrected chi connectivity index (χ3v) is 1.67. The van der Waals surface area contributed by atoms with Crippen molar-refractivity contribution in [3.05, 3.63) is 27.1 Å². The zero-order valence-electron chi connectivity index (χ0n) is 5.77. The van der Waals surface area contributed by atoms with Crippen LogP contribution in [0.1, 0.15) is 12.1 Å². The van der Waals surface area contributed by atoms with E-state index in [1.165, 1.54) is 0 Å². The van der Waals surface area contributed by atoms with Crippen LogP contribution in [0.25, 0.3) is 0 Å². The minimum atomic E-state index is -2.83. The normalized spacial score (nSPS) is 10.7. The minimum absolute atomic E-state index is 0.143. The molecule has 0 aromatic carbocycles. The molecule has 0 fully saturated rings. The number of alkyl halides is 2. The Morgan fingerprint density at radius 2 is 2.17 bits per heavy atom. The summed E-state index contributed by atoms with van der Waals surface area (Å²) in [5, 5.41) is -0.301. The molecule has 66 valence electrons. The summed E-state index contributed by atoms with van der Waals surface area (Å²) in [5.74, 6) is 0. The molecular formula is C6H5ClF2N2O. The zero-order chi connectivity index (χ0) is 9.30. The highest BCUT2D eigenvalue weighted by atomic mass is 35.5. The van der Waals surface area contributed by atoms with Gasteiger partial charge in [0.05, 0.1) is 10.7 Å². The molecule has 0 spiro atoms. The molecule has 0 aliphatic carbocycles. The molecule has 3 nitrogen and oxygen atoms in total. The van der Waals surface area contributed by atoms with E-state index < -0.39 is 17.7 Å². The second kappa shape index (κ2) is 3.10. The van der Waals surface area contributed by atoms with Crippen molar-refractivity contribution in [3.8, 4) is 0 Å². The molecule has 0 atom stereocenters. The van der Waals surface area contributed by atoms with Crippen LogP contribution < -0.4 is 11.3 Å². The van der Waals surface area contributed by atoms with Gasteiger partial charge in [-0.1, -0.05) is 11.6 Å². The third-order valence-electron chi connectivity index (χ3n) is 1.25. The summed E-state index contributed by atoms with van der Waals surface area (Å²) in [6, 6.07) is 0.953. The zero-order valence-corrected chi connectivity index (χ0v) is 6.53. The van der Waals surface area contributed by atoms with Crippen molar-refractivity contribution in [2.24, 2.45) is 0 Å². The van der Waals surface area contributed by atoms with Gasteiger partial charge in [0.25, 0.3) is 6.43 Å². The molecule has 1 aromatic rings. The lowest BCUT2D eigenvalue weighted by Crippen LogP contribution is -2.10. The van der Waals surface area contributed by atoms with Crippen molar-refractivity contribution < 1.29 is 8.78 Å². The molecule has 0 unspecified atom stereocenters. The summed E-state index contributed by atoms with van der Waals surface area (Å²) in [5.41, 5.74) is 3.71. The van der Waals surface area contributed by atoms with Crippen molar-refractivity contribution in [2.45, 2.75) is 6.43 Å². The maximum Gasteiger partial charge on any atom is 0.279 e. The summed E-state index contributed by atoms with van der Waals surface area (Å²) < 4.78 is 24.2. The predicted molar refractivity (Wildman–Crippen MR) is 41.4 cm³/mol. The van der Waals surface area contributed by atoms with Crippen LogP contribution in [-0.4, -0.2) is 4.98 Å². The quantitative estimate of drug-likeness (QED) is 0.713. The van der Waals surface area contributed by atoms with E-state index in [-0.39, 0.29) is 10.7 Å². The van der Waals surface area contributed by atoms with Gasteiger partial charge in [-0.2, -0.15) is 0 Å². The standard InChI is InChI=1S/C6H5ClF2N2O/c7-4-2(10)1-3(12)11-5(4)6(8)9/h1,6H,(H3,10,11,12). The number of rotatable bonds is 1. The van der Waals surface area contributed by atoms with Gasteiger partial charge in [-0.25, -0.2) is 8.78 Å². The van der Waals surface area contributed by atoms with Crippen LogP contribution in [0, 0.1) is 0 Å². The van der Waals surface area contributed by atoms with Crippen molar-refractivity contribution in [1.29, 1.82) is 0 Å². The minimum Gasteiger partial charge on any atom is -0.397 e. The van der Waals surface area contributed by atoms with E-state index in [4.69, 9.17) is 17.3 Å². The van der Waals surface area contributed by atoms with E-state index in [9.17, 15) is 13.6 Å². The second-order valence-corrected chi connectivity index (χ2v) is 2.50. The number of pyridine rings is 1. The van der Waals surface area contributed by atoms with Crippen LogP contribution in [-0.2, 0) is 0 Å². The SMILES string of the molecule is Nc1cc(=O)[nH]c(C(F)F)c1Cl. The number of nitrogens with two attached hydrogens (primary N) is 1. The Hall–Kier alpha value is -1.10. The first-order chi connectivity index (χ1) is 5.52. The van der Waals surface area contributed by atoms with Crippen LogP contribution in [0.2, 0.25) is 5.02 Å². The topological polar surface area (TPSA) is 58.9 Å². The van der Waals surface area contributed by atoms with Crippen LogP contribution in [0.5, 0.6) is 0 Å². The molecule has 1 heterocycles. The Kier molecular flexibility index (Phi) is 2.32. The number of anilines is 1. The first kappa shape index (κ1) is 8.99. The van der Waals surface area contributed by atoms with Crippen molar-refractivity contribution in [3.63, 3.8) is 0 Å². The number of aromatic amines is 1. The van der Waals surface area contributed by atoms with Gasteiger partial charge in [-0.15, -0.1) is 0 Å². The summed E-state index contributed by atoms with van der Waals surface area (Å²) in [7, 11) is 0. The average Bonchev–Trinajstić information content (AvgIpc) is 1.96. The van der Waals surface area contributed by atoms with E-state index >= 15 is 0 Å². The smallest absolute Gasteiger partial charge is 0.279 e. The number of H-pyrrole nitrogens is 1. The lowest BCUT2D eigenvalue weighted by Gasteiger charge is -2.03. The van der Waals surface area contributed by atoms with Gasteiger partial charge in [-0.3, -0.25) is 4.79 Å². The van der Waals surface area contributed by atoms with Crippen molar-refractivity contribution in [1.82, 2.24) is 4.98 Å². The highest BCUT2D eigenvalue weighted by molar-refractivity contribution is 6.33. The lowest BCUT2D eigenvalue weighted by atomic mass is 10.3. The van der Waals surface area contributed by atoms with Gasteiger partial charge in [-0.05, 0) is 0 Å². The van der Waals surface area contributed by atoms with Gasteiger partial charge in [0.2, 0.25) is 5.56 Å². The molecule has 1 aromatic heterocycles. The molecule has 0 saturated carbocycles. The third kappa shape index (κ3) is 1.55. The van der Waals surface area contributed by atoms with Gasteiger partial charge in [0.1, 0.15) is 5.69 Å². The molecule has 3 N–H and O–H groups in total. The molecule has 12 heavy (non-hydrogen) atoms. The van der Waals surface area contributed by atoms with Crippen molar-refractivity contribution in [2.75, 3.05) is 5.73 Å². The summed E-state index contributed by atoms with van der Waals surface area (Å²) >= 11 is 5.39. The molecule has 0 saturated heterocycles. The first-order valence-electron chi connectivity index (χ1n) is 2.98. The summed E-state index contributed by atoms with van der Waals surface area (Å²) in [4.78, 5) is 12.5. The number of hydrogen-bond acceptors (Lipinski definition) is 2. The summed E-state index contributed by atoms with van der Waals surface area (Å²) in [6.07, 6.45) is -2.83. The molecule has 0 aliphatic rings. The second-order valence-electron chi connectivity index (χ2n) is 2.12. The van der Waals surface area contributed by atoms with Crippen molar-refractivity contribution >= 4 is 17.3 Å². The van der Waals surface area contributed by atoms with Crippen LogP contribution >= 0.6 is 11.6 Å². The van der Waals surface area contributed by atoms with Crippen LogP contribution in [0.4, 0.5) is 14.5 Å². The fourth-order valence-corrected chi connectivity index (χ4v) is 0.918. The van der Waals surface area contributed by atoms with E-state index in [2.05, 4.69) is 0 Å². The van der Waals surface area contributed by atoms with Gasteiger partial charge in [0, 0.05) is 6.07 Å². The molecule has 0 aliphatic heterocycles. The van der Waals surface area contributed by atoms with E-state index in [0.717, 1.165) is 6.07 Å². The Morgan fingerprint density at radius 3 is 2.67 bits per heavy atom. The predicted octanol–water partition coefficient (Wildman–Crippen LogP) is 1.55. The van der Waals surface area contributed by atoms with E-state index in [1.807, 2.05) is 4.98 Å². The average molecular weight is 195 g/mol. The van der Waals surface area contributed by atoms with Crippen LogP contribution in [0.3, 0.4) is 0 Å². The number of nitrogens with one attached hydrogen (secondary N) is 1. The molecule has 0 bridgehead atoms. The number of nitrogen functional groups attached to an aromatic ring is 1. The highest BCUT2D eigenvalue weighted by Crippen LogP contribution is 2.27. The van der Waals surface area contributed by atoms with Gasteiger partial charge >= 0.3 is 0 Å². The van der Waals surface area contributed by atoms with Gasteiger partial charge in [0.15, 0.2) is 0 Å². The largest absolute Gasteiger partial charge is 0.397 e. The molecule has 0 radical (unpaired) electrons. The Labute approximate surface area is 71.2 Å². The summed E-state index contributed by atoms with van der Waals surface area (Å²) in [6.45, 7) is 0. The number of hydrogen-bond donors (Lipinski definition) is 2. The Morgan fingerprint density at radius 1 is 1.58 bits per heavy atom. The number of aromatic nitrogens is 1. The first-order valence-corrected chi connectivity index (χ1v) is 3.36. The maximum absolute atomic E-state index is 12.1. The lowest BCUT2D eigenvalue weighted by molar-refractivity contribution is 0.146. The van der Waals surface area contributed by atoms with E-state index in [0.29, 0.717) is 0 Å². The maximum atomic E-state index is 12.1. The number of halogens is 3. The monoisotopic (exact) mass is 194 g/mol. The molecule has 1 rings (SSSR count). The Bertz CT molecular complexity index is 350. The highest BCUT2D eigenvalue weighted by Gasteiger charge is 2.15. The van der Waals surface area contributed by atoms with Gasteiger partial charge < -0.3 is 10.7 Å². The molecule has 6 heteroatoms. The van der Waals surface area contributed by atoms with Crippen LogP contribution in [0.15, 0.2) is 10.9 Å². The molecular weight excluding hydrogens is 190 g/mol. The fourth-order valence-electron chi connectivity index (χ4n) is 0.734. The fraction of sp³-hybridized carbons (Fsp3) is 0.167. The Balaban J connectivity index is 3.38. The molecule has 0 amide bonds.